The van der Waals surface area contributed by atoms with Gasteiger partial charge >= 0.3 is 0 Å². The minimum atomic E-state index is 0.607. The summed E-state index contributed by atoms with van der Waals surface area (Å²) in [4.78, 5) is 5.53. The van der Waals surface area contributed by atoms with E-state index >= 15 is 0 Å². The molecular weight excluding hydrogens is 324 g/mol. The van der Waals surface area contributed by atoms with Gasteiger partial charge in [0.1, 0.15) is 5.75 Å². The summed E-state index contributed by atoms with van der Waals surface area (Å²) >= 11 is 5.22. The van der Waals surface area contributed by atoms with Crippen LogP contribution in [0.4, 0.5) is 5.13 Å². The molecule has 0 aliphatic rings. The maximum atomic E-state index is 5.26. The number of aromatic nitrogens is 1. The van der Waals surface area contributed by atoms with E-state index in [9.17, 15) is 0 Å². The third-order valence-corrected chi connectivity index (χ3v) is 4.29. The maximum absolute atomic E-state index is 5.26. The summed E-state index contributed by atoms with van der Waals surface area (Å²) in [7, 11) is 1.68. The van der Waals surface area contributed by atoms with Crippen LogP contribution in [0.2, 0.25) is 0 Å². The number of nitrogens with one attached hydrogen (secondary N) is 1. The second kappa shape index (κ2) is 6.39. The maximum Gasteiger partial charge on any atom is 0.183 e. The van der Waals surface area contributed by atoms with Crippen LogP contribution in [-0.4, -0.2) is 18.6 Å². The van der Waals surface area contributed by atoms with Gasteiger partial charge in [-0.2, -0.15) is 0 Å². The summed E-state index contributed by atoms with van der Waals surface area (Å²) in [6, 6.07) is 5.95. The first-order valence-corrected chi connectivity index (χ1v) is 7.74. The minimum Gasteiger partial charge on any atom is -0.497 e. The molecule has 2 rings (SSSR count). The number of methoxy groups -OCH3 is 1. The SMILES string of the molecule is COc1ccc(Br)c(-c2cnc(NCC(C)C)s2)c1. The van der Waals surface area contributed by atoms with E-state index in [0.29, 0.717) is 5.92 Å². The fraction of sp³-hybridized carbons (Fsp3) is 0.357. The second-order valence-corrected chi connectivity index (χ2v) is 6.54. The lowest BCUT2D eigenvalue weighted by Gasteiger charge is -2.05. The third-order valence-electron chi connectivity index (χ3n) is 2.61. The average molecular weight is 341 g/mol. The Morgan fingerprint density at radius 2 is 2.21 bits per heavy atom. The molecule has 0 saturated heterocycles. The van der Waals surface area contributed by atoms with Crippen molar-refractivity contribution in [3.8, 4) is 16.2 Å². The Balaban J connectivity index is 2.22. The largest absolute Gasteiger partial charge is 0.497 e. The zero-order valence-electron chi connectivity index (χ0n) is 11.2. The normalized spacial score (nSPS) is 10.8. The Bertz CT molecular complexity index is 554. The molecule has 0 amide bonds. The van der Waals surface area contributed by atoms with Gasteiger partial charge in [-0.15, -0.1) is 0 Å². The third kappa shape index (κ3) is 3.70. The molecule has 1 N–H and O–H groups in total. The van der Waals surface area contributed by atoms with E-state index in [-0.39, 0.29) is 0 Å². The molecule has 0 saturated carbocycles. The predicted molar refractivity (Wildman–Crippen MR) is 85.1 cm³/mol. The highest BCUT2D eigenvalue weighted by Gasteiger charge is 2.09. The van der Waals surface area contributed by atoms with E-state index in [1.165, 1.54) is 0 Å². The van der Waals surface area contributed by atoms with Crippen molar-refractivity contribution >= 4 is 32.4 Å². The Morgan fingerprint density at radius 1 is 1.42 bits per heavy atom. The number of benzene rings is 1. The molecule has 0 radical (unpaired) electrons. The second-order valence-electron chi connectivity index (χ2n) is 4.65. The van der Waals surface area contributed by atoms with E-state index < -0.39 is 0 Å². The first-order chi connectivity index (χ1) is 9.10. The highest BCUT2D eigenvalue weighted by atomic mass is 79.9. The van der Waals surface area contributed by atoms with Crippen molar-refractivity contribution in [1.82, 2.24) is 4.98 Å². The Kier molecular flexibility index (Phi) is 4.82. The summed E-state index contributed by atoms with van der Waals surface area (Å²) in [5, 5.41) is 4.30. The summed E-state index contributed by atoms with van der Waals surface area (Å²) in [6.45, 7) is 5.30. The lowest BCUT2D eigenvalue weighted by atomic mass is 10.2. The molecule has 1 aromatic heterocycles. The van der Waals surface area contributed by atoms with Crippen molar-refractivity contribution < 1.29 is 4.74 Å². The molecule has 102 valence electrons. The Hall–Kier alpha value is -1.07. The van der Waals surface area contributed by atoms with E-state index in [4.69, 9.17) is 4.74 Å². The molecule has 5 heteroatoms. The molecule has 0 spiro atoms. The smallest absolute Gasteiger partial charge is 0.183 e. The summed E-state index contributed by atoms with van der Waals surface area (Å²) in [5.41, 5.74) is 1.11. The van der Waals surface area contributed by atoms with E-state index in [1.807, 2.05) is 24.4 Å². The van der Waals surface area contributed by atoms with Crippen LogP contribution in [0, 0.1) is 5.92 Å². The van der Waals surface area contributed by atoms with Crippen molar-refractivity contribution in [2.75, 3.05) is 19.0 Å². The number of rotatable bonds is 5. The summed E-state index contributed by atoms with van der Waals surface area (Å²) in [6.07, 6.45) is 1.90. The topological polar surface area (TPSA) is 34.1 Å². The van der Waals surface area contributed by atoms with Gasteiger partial charge in [0.25, 0.3) is 0 Å². The van der Waals surface area contributed by atoms with Gasteiger partial charge in [0, 0.05) is 22.8 Å². The van der Waals surface area contributed by atoms with Gasteiger partial charge < -0.3 is 10.1 Å². The lowest BCUT2D eigenvalue weighted by molar-refractivity contribution is 0.415. The van der Waals surface area contributed by atoms with Crippen molar-refractivity contribution in [3.63, 3.8) is 0 Å². The molecule has 1 aromatic carbocycles. The van der Waals surface area contributed by atoms with Gasteiger partial charge in [-0.25, -0.2) is 4.98 Å². The molecule has 1 heterocycles. The van der Waals surface area contributed by atoms with Gasteiger partial charge in [-0.3, -0.25) is 0 Å². The molecule has 0 bridgehead atoms. The van der Waals surface area contributed by atoms with Crippen LogP contribution in [0.25, 0.3) is 10.4 Å². The van der Waals surface area contributed by atoms with Crippen LogP contribution in [0.3, 0.4) is 0 Å². The fourth-order valence-electron chi connectivity index (χ4n) is 1.59. The average Bonchev–Trinajstić information content (AvgIpc) is 2.85. The number of halogens is 1. The molecule has 0 atom stereocenters. The van der Waals surface area contributed by atoms with Crippen LogP contribution in [0.15, 0.2) is 28.9 Å². The van der Waals surface area contributed by atoms with Crippen LogP contribution in [0.5, 0.6) is 5.75 Å². The van der Waals surface area contributed by atoms with Gasteiger partial charge in [-0.05, 0) is 24.1 Å². The molecule has 19 heavy (non-hydrogen) atoms. The number of ether oxygens (including phenoxy) is 1. The standard InChI is InChI=1S/C14H17BrN2OS/c1-9(2)7-16-14-17-8-13(19-14)11-6-10(18-3)4-5-12(11)15/h4-6,8-9H,7H2,1-3H3,(H,16,17). The van der Waals surface area contributed by atoms with Gasteiger partial charge in [0.15, 0.2) is 5.13 Å². The van der Waals surface area contributed by atoms with E-state index in [2.05, 4.69) is 40.1 Å². The Labute approximate surface area is 126 Å². The predicted octanol–water partition coefficient (Wildman–Crippen LogP) is 4.65. The van der Waals surface area contributed by atoms with E-state index in [0.717, 1.165) is 32.3 Å². The highest BCUT2D eigenvalue weighted by molar-refractivity contribution is 9.10. The molecular formula is C14H17BrN2OS. The first-order valence-electron chi connectivity index (χ1n) is 6.13. The number of thiazole rings is 1. The molecule has 3 nitrogen and oxygen atoms in total. The molecule has 0 aliphatic carbocycles. The molecule has 2 aromatic rings. The first kappa shape index (κ1) is 14.3. The van der Waals surface area contributed by atoms with Gasteiger partial charge in [0.05, 0.1) is 12.0 Å². The summed E-state index contributed by atoms with van der Waals surface area (Å²) in [5.74, 6) is 1.46. The molecule has 0 unspecified atom stereocenters. The Morgan fingerprint density at radius 3 is 2.89 bits per heavy atom. The minimum absolute atomic E-state index is 0.607. The molecule has 0 fully saturated rings. The van der Waals surface area contributed by atoms with E-state index in [1.54, 1.807) is 18.4 Å². The summed E-state index contributed by atoms with van der Waals surface area (Å²) < 4.78 is 6.31. The van der Waals surface area contributed by atoms with Gasteiger partial charge in [-0.1, -0.05) is 41.1 Å². The fourth-order valence-corrected chi connectivity index (χ4v) is 3.04. The molecule has 0 aliphatic heterocycles. The van der Waals surface area contributed by atoms with Crippen molar-refractivity contribution in [3.05, 3.63) is 28.9 Å². The van der Waals surface area contributed by atoms with Crippen molar-refractivity contribution in [2.24, 2.45) is 5.92 Å². The number of hydrogen-bond donors (Lipinski definition) is 1. The van der Waals surface area contributed by atoms with Crippen LogP contribution in [0.1, 0.15) is 13.8 Å². The lowest BCUT2D eigenvalue weighted by Crippen LogP contribution is -2.07. The van der Waals surface area contributed by atoms with Gasteiger partial charge in [0.2, 0.25) is 0 Å². The zero-order valence-corrected chi connectivity index (χ0v) is 13.6. The zero-order chi connectivity index (χ0) is 13.8. The number of hydrogen-bond acceptors (Lipinski definition) is 4. The number of anilines is 1. The highest BCUT2D eigenvalue weighted by Crippen LogP contribution is 2.36. The quantitative estimate of drug-likeness (QED) is 0.860. The number of nitrogens with zero attached hydrogens (tertiary/aromatic N) is 1. The van der Waals surface area contributed by atoms with Crippen LogP contribution < -0.4 is 10.1 Å². The van der Waals surface area contributed by atoms with Crippen LogP contribution in [-0.2, 0) is 0 Å². The van der Waals surface area contributed by atoms with Crippen molar-refractivity contribution in [1.29, 1.82) is 0 Å². The van der Waals surface area contributed by atoms with Crippen LogP contribution >= 0.6 is 27.3 Å². The van der Waals surface area contributed by atoms with Crippen molar-refractivity contribution in [2.45, 2.75) is 13.8 Å². The monoisotopic (exact) mass is 340 g/mol.